The molecule has 2 aromatic rings. The Balaban J connectivity index is 1.87. The maximum absolute atomic E-state index is 14.6. The van der Waals surface area contributed by atoms with Gasteiger partial charge in [0.05, 0.1) is 22.7 Å². The number of hydrogen-bond donors (Lipinski definition) is 3. The van der Waals surface area contributed by atoms with E-state index in [1.807, 2.05) is 57.2 Å². The highest BCUT2D eigenvalue weighted by molar-refractivity contribution is 6.74. The van der Waals surface area contributed by atoms with Gasteiger partial charge in [-0.3, -0.25) is 29.0 Å². The summed E-state index contributed by atoms with van der Waals surface area (Å²) in [6.45, 7) is 24.2. The zero-order chi connectivity index (χ0) is 44.0. The van der Waals surface area contributed by atoms with Crippen molar-refractivity contribution in [1.82, 2.24) is 26.1 Å². The standard InChI is InChI=1S/C42H63Cl2N5O8Si/c1-25(2)35(36(51)45-26(3)37(52)49-22-14-15-33(48-49)38(53)55-24-42(11,43)44)47-39(54)41(10,28(5)57-58(12,13)40(7,8)9)21-20-30-16-17-31-18-19-32(46-34(31)23-30)27(4)56-29(6)50/h16-21,23,25-28,33,35,48H,14-15,22,24H2,1-13H3,(H,45,51)(H,47,54)/b21-20+/t26-,27+,28?,33-,35-,41?/m0/s1. The normalized spacial score (nSPS) is 18.6. The second kappa shape index (κ2) is 19.7. The molecule has 3 N–H and O–H groups in total. The van der Waals surface area contributed by atoms with E-state index in [0.29, 0.717) is 30.6 Å². The van der Waals surface area contributed by atoms with Crippen molar-refractivity contribution in [3.8, 4) is 0 Å². The number of amides is 3. The minimum absolute atomic E-state index is 0.143. The third-order valence-corrected chi connectivity index (χ3v) is 15.7. The van der Waals surface area contributed by atoms with Crippen molar-refractivity contribution >= 4 is 78.2 Å². The zero-order valence-electron chi connectivity index (χ0n) is 36.3. The number of carbonyl (C=O) groups excluding carboxylic acids is 5. The summed E-state index contributed by atoms with van der Waals surface area (Å²) in [5.41, 5.74) is 3.72. The van der Waals surface area contributed by atoms with Gasteiger partial charge in [-0.05, 0) is 89.2 Å². The Hall–Kier alpha value is -3.56. The Bertz CT molecular complexity index is 1850. The third kappa shape index (κ3) is 13.2. The molecule has 13 nitrogen and oxygen atoms in total. The predicted molar refractivity (Wildman–Crippen MR) is 230 cm³/mol. The number of nitrogens with zero attached hydrogens (tertiary/aromatic N) is 2. The number of fused-ring (bicyclic) bond motifs is 1. The van der Waals surface area contributed by atoms with E-state index < -0.39 is 78.1 Å². The molecule has 58 heavy (non-hydrogen) atoms. The van der Waals surface area contributed by atoms with Crippen LogP contribution in [0.5, 0.6) is 0 Å². The first-order valence-corrected chi connectivity index (χ1v) is 23.5. The average molecular weight is 865 g/mol. The molecule has 0 spiro atoms. The highest BCUT2D eigenvalue weighted by atomic mass is 35.5. The molecule has 2 unspecified atom stereocenters. The number of alkyl halides is 2. The molecular weight excluding hydrogens is 801 g/mol. The van der Waals surface area contributed by atoms with Crippen LogP contribution in [0.25, 0.3) is 17.0 Å². The van der Waals surface area contributed by atoms with Crippen molar-refractivity contribution in [2.75, 3.05) is 13.2 Å². The summed E-state index contributed by atoms with van der Waals surface area (Å²) >= 11 is 11.9. The molecule has 0 aliphatic carbocycles. The molecule has 322 valence electrons. The lowest BCUT2D eigenvalue weighted by Gasteiger charge is -2.43. The first kappa shape index (κ1) is 48.8. The molecule has 1 aromatic carbocycles. The van der Waals surface area contributed by atoms with Crippen LogP contribution in [-0.2, 0) is 37.9 Å². The summed E-state index contributed by atoms with van der Waals surface area (Å²) in [6, 6.07) is 6.70. The molecule has 1 aliphatic rings. The van der Waals surface area contributed by atoms with Crippen molar-refractivity contribution in [1.29, 1.82) is 0 Å². The quantitative estimate of drug-likeness (QED) is 0.0896. The first-order valence-electron chi connectivity index (χ1n) is 19.8. The Morgan fingerprint density at radius 3 is 2.22 bits per heavy atom. The second-order valence-electron chi connectivity index (χ2n) is 17.5. The molecule has 3 rings (SSSR count). The van der Waals surface area contributed by atoms with Crippen LogP contribution < -0.4 is 16.1 Å². The molecule has 6 atom stereocenters. The molecule has 0 radical (unpaired) electrons. The van der Waals surface area contributed by atoms with Crippen LogP contribution in [0.4, 0.5) is 0 Å². The van der Waals surface area contributed by atoms with Crippen LogP contribution in [0.3, 0.4) is 0 Å². The fraction of sp³-hybridized carbons (Fsp3) is 0.619. The molecule has 1 fully saturated rings. The molecule has 0 bridgehead atoms. The van der Waals surface area contributed by atoms with E-state index in [9.17, 15) is 24.0 Å². The minimum atomic E-state index is -2.39. The van der Waals surface area contributed by atoms with Crippen LogP contribution in [0, 0.1) is 11.3 Å². The Labute approximate surface area is 354 Å². The molecule has 16 heteroatoms. The number of nitrogens with one attached hydrogen (secondary N) is 3. The lowest BCUT2D eigenvalue weighted by molar-refractivity contribution is -0.153. The van der Waals surface area contributed by atoms with E-state index in [-0.39, 0.29) is 17.6 Å². The van der Waals surface area contributed by atoms with Gasteiger partial charge in [-0.15, -0.1) is 0 Å². The van der Waals surface area contributed by atoms with Gasteiger partial charge in [-0.25, -0.2) is 10.4 Å². The number of benzene rings is 1. The fourth-order valence-electron chi connectivity index (χ4n) is 6.04. The van der Waals surface area contributed by atoms with Crippen LogP contribution in [0.15, 0.2) is 36.4 Å². The lowest BCUT2D eigenvalue weighted by atomic mass is 9.82. The van der Waals surface area contributed by atoms with Crippen molar-refractivity contribution in [3.63, 3.8) is 0 Å². The molecule has 1 saturated heterocycles. The van der Waals surface area contributed by atoms with E-state index >= 15 is 0 Å². The highest BCUT2D eigenvalue weighted by Crippen LogP contribution is 2.40. The van der Waals surface area contributed by atoms with Gasteiger partial charge < -0.3 is 24.5 Å². The summed E-state index contributed by atoms with van der Waals surface area (Å²) in [4.78, 5) is 70.9. The zero-order valence-corrected chi connectivity index (χ0v) is 38.8. The monoisotopic (exact) mass is 863 g/mol. The number of aromatic nitrogens is 1. The topological polar surface area (TPSA) is 165 Å². The Morgan fingerprint density at radius 1 is 1.00 bits per heavy atom. The van der Waals surface area contributed by atoms with Gasteiger partial charge in [0.1, 0.15) is 35.2 Å². The summed E-state index contributed by atoms with van der Waals surface area (Å²) in [5.74, 6) is -2.77. The van der Waals surface area contributed by atoms with E-state index in [1.165, 1.54) is 18.9 Å². The van der Waals surface area contributed by atoms with Crippen molar-refractivity contribution in [3.05, 3.63) is 47.7 Å². The summed E-state index contributed by atoms with van der Waals surface area (Å²) in [5, 5.41) is 7.82. The maximum atomic E-state index is 14.6. The van der Waals surface area contributed by atoms with Crippen molar-refractivity contribution < 1.29 is 37.9 Å². The Kier molecular flexibility index (Phi) is 16.5. The number of halogens is 2. The number of pyridine rings is 1. The lowest BCUT2D eigenvalue weighted by Crippen LogP contribution is -2.61. The van der Waals surface area contributed by atoms with Gasteiger partial charge in [-0.1, -0.05) is 88.2 Å². The largest absolute Gasteiger partial charge is 0.461 e. The number of hydrazine groups is 1. The summed E-state index contributed by atoms with van der Waals surface area (Å²) < 4.78 is 16.1. The summed E-state index contributed by atoms with van der Waals surface area (Å²) in [6.07, 6.45) is 3.48. The fourth-order valence-corrected chi connectivity index (χ4v) is 7.63. The predicted octanol–water partition coefficient (Wildman–Crippen LogP) is 7.17. The average Bonchev–Trinajstić information content (AvgIpc) is 3.12. The van der Waals surface area contributed by atoms with Gasteiger partial charge >= 0.3 is 11.9 Å². The van der Waals surface area contributed by atoms with E-state index in [4.69, 9.17) is 42.1 Å². The van der Waals surface area contributed by atoms with Crippen molar-refractivity contribution in [2.24, 2.45) is 11.3 Å². The smallest absolute Gasteiger partial charge is 0.325 e. The SMILES string of the molecule is CC(=O)O[C@H](C)c1ccc2ccc(/C=C/C(C)(C(=O)N[C@H](C(=O)N[C@@H](C)C(=O)N3CCC[C@@H](C(=O)OCC(C)(Cl)Cl)N3)C(C)C)C(C)O[Si](C)(C)C(C)(C)C)cc2n1. The number of esters is 2. The molecule has 0 saturated carbocycles. The van der Waals surface area contributed by atoms with Crippen LogP contribution in [0.2, 0.25) is 18.1 Å². The van der Waals surface area contributed by atoms with Crippen molar-refractivity contribution in [2.45, 2.75) is 142 Å². The van der Waals surface area contributed by atoms with Gasteiger partial charge in [-0.2, -0.15) is 0 Å². The third-order valence-electron chi connectivity index (χ3n) is 10.9. The van der Waals surface area contributed by atoms with Crippen LogP contribution >= 0.6 is 23.2 Å². The number of carbonyl (C=O) groups is 5. The first-order chi connectivity index (χ1) is 26.6. The highest BCUT2D eigenvalue weighted by Gasteiger charge is 2.46. The number of hydrogen-bond acceptors (Lipinski definition) is 10. The van der Waals surface area contributed by atoms with Gasteiger partial charge in [0.25, 0.3) is 5.91 Å². The van der Waals surface area contributed by atoms with Gasteiger partial charge in [0.15, 0.2) is 8.32 Å². The van der Waals surface area contributed by atoms with E-state index in [1.54, 1.807) is 26.8 Å². The van der Waals surface area contributed by atoms with Crippen LogP contribution in [0.1, 0.15) is 106 Å². The number of rotatable bonds is 16. The molecule has 1 aliphatic heterocycles. The molecule has 1 aromatic heterocycles. The number of ether oxygens (including phenoxy) is 2. The Morgan fingerprint density at radius 2 is 1.64 bits per heavy atom. The summed E-state index contributed by atoms with van der Waals surface area (Å²) in [7, 11) is -2.39. The minimum Gasteiger partial charge on any atom is -0.461 e. The second-order valence-corrected chi connectivity index (χ2v) is 24.1. The van der Waals surface area contributed by atoms with E-state index in [2.05, 4.69) is 49.9 Å². The van der Waals surface area contributed by atoms with E-state index in [0.717, 1.165) is 10.9 Å². The van der Waals surface area contributed by atoms with Crippen LogP contribution in [-0.4, -0.2) is 89.7 Å². The van der Waals surface area contributed by atoms with Gasteiger partial charge in [0.2, 0.25) is 11.8 Å². The molecular formula is C42H63Cl2N5O8Si. The molecule has 2 heterocycles. The molecule has 3 amide bonds. The maximum Gasteiger partial charge on any atom is 0.325 e. The van der Waals surface area contributed by atoms with Gasteiger partial charge in [0, 0.05) is 18.9 Å².